The summed E-state index contributed by atoms with van der Waals surface area (Å²) >= 11 is 6.81. The van der Waals surface area contributed by atoms with Crippen LogP contribution in [0.2, 0.25) is 0 Å². The standard InChI is InChI=1S/C31H65N2O2PS/c1-7-13-14-22-27-34-28-23-26-30(35-29-24-20-18-16-15-17-19-21-25-29)31(8-2)36(37,32(9-3)10-4)33(11-5)12-6/h29-31H,7-28H2,1-6H3. The molecule has 0 aromatic heterocycles. The molecule has 0 aromatic carbocycles. The molecule has 1 aliphatic carbocycles. The number of hydrogen-bond donors (Lipinski definition) is 0. The molecule has 2 unspecified atom stereocenters. The van der Waals surface area contributed by atoms with Gasteiger partial charge in [0.1, 0.15) is 0 Å². The molecule has 0 amide bonds. The molecule has 1 saturated carbocycles. The molecule has 1 fully saturated rings. The molecule has 37 heavy (non-hydrogen) atoms. The van der Waals surface area contributed by atoms with E-state index in [1.54, 1.807) is 0 Å². The second-order valence-electron chi connectivity index (χ2n) is 11.0. The predicted molar refractivity (Wildman–Crippen MR) is 169 cm³/mol. The van der Waals surface area contributed by atoms with Gasteiger partial charge in [-0.05, 0) is 38.5 Å². The van der Waals surface area contributed by atoms with Crippen LogP contribution in [0.3, 0.4) is 0 Å². The Morgan fingerprint density at radius 3 is 1.70 bits per heavy atom. The van der Waals surface area contributed by atoms with Gasteiger partial charge in [0.15, 0.2) is 0 Å². The van der Waals surface area contributed by atoms with Crippen LogP contribution >= 0.6 is 6.34 Å². The summed E-state index contributed by atoms with van der Waals surface area (Å²) < 4.78 is 18.6. The second kappa shape index (κ2) is 22.2. The van der Waals surface area contributed by atoms with Crippen LogP contribution in [-0.4, -0.2) is 66.6 Å². The normalized spacial score (nSPS) is 18.4. The number of ether oxygens (including phenoxy) is 2. The van der Waals surface area contributed by atoms with Gasteiger partial charge in [0.25, 0.3) is 0 Å². The highest BCUT2D eigenvalue weighted by molar-refractivity contribution is 8.12. The van der Waals surface area contributed by atoms with E-state index < -0.39 is 6.34 Å². The molecule has 0 aliphatic heterocycles. The van der Waals surface area contributed by atoms with Crippen molar-refractivity contribution in [1.82, 2.24) is 9.34 Å². The van der Waals surface area contributed by atoms with Crippen molar-refractivity contribution in [2.45, 2.75) is 162 Å². The van der Waals surface area contributed by atoms with Crippen LogP contribution in [0.4, 0.5) is 0 Å². The smallest absolute Gasteiger partial charge is 0.0830 e. The molecule has 1 aliphatic rings. The zero-order chi connectivity index (χ0) is 27.4. The molecule has 0 heterocycles. The Kier molecular flexibility index (Phi) is 21.3. The van der Waals surface area contributed by atoms with E-state index in [0.717, 1.165) is 58.7 Å². The van der Waals surface area contributed by atoms with Crippen LogP contribution in [0, 0.1) is 0 Å². The molecule has 0 aromatic rings. The molecule has 2 atom stereocenters. The van der Waals surface area contributed by atoms with Gasteiger partial charge in [-0.25, -0.2) is 0 Å². The van der Waals surface area contributed by atoms with Gasteiger partial charge in [0, 0.05) is 45.1 Å². The van der Waals surface area contributed by atoms with Gasteiger partial charge in [-0.15, -0.1) is 0 Å². The first kappa shape index (κ1) is 35.5. The third kappa shape index (κ3) is 12.7. The summed E-state index contributed by atoms with van der Waals surface area (Å²) in [6.45, 7) is 19.7. The average molecular weight is 561 g/mol. The number of hydrogen-bond acceptors (Lipinski definition) is 3. The second-order valence-corrected chi connectivity index (χ2v) is 15.6. The van der Waals surface area contributed by atoms with Gasteiger partial charge in [-0.3, -0.25) is 9.34 Å². The highest BCUT2D eigenvalue weighted by Crippen LogP contribution is 2.60. The van der Waals surface area contributed by atoms with Crippen molar-refractivity contribution < 1.29 is 9.47 Å². The Labute approximate surface area is 238 Å². The van der Waals surface area contributed by atoms with E-state index in [2.05, 4.69) is 50.9 Å². The van der Waals surface area contributed by atoms with Gasteiger partial charge in [-0.1, -0.05) is 118 Å². The summed E-state index contributed by atoms with van der Waals surface area (Å²) in [5.41, 5.74) is 0.405. The fourth-order valence-corrected chi connectivity index (χ4v) is 12.4. The highest BCUT2D eigenvalue weighted by Gasteiger charge is 2.41. The molecule has 4 nitrogen and oxygen atoms in total. The first-order valence-corrected chi connectivity index (χ1v) is 19.1. The fraction of sp³-hybridized carbons (Fsp3) is 1.00. The summed E-state index contributed by atoms with van der Waals surface area (Å²) in [6.07, 6.45) is 19.0. The summed E-state index contributed by atoms with van der Waals surface area (Å²) in [6, 6.07) is 0. The van der Waals surface area contributed by atoms with E-state index >= 15 is 0 Å². The highest BCUT2D eigenvalue weighted by atomic mass is 32.4. The van der Waals surface area contributed by atoms with Crippen molar-refractivity contribution in [3.8, 4) is 0 Å². The van der Waals surface area contributed by atoms with Crippen LogP contribution in [0.15, 0.2) is 0 Å². The summed E-state index contributed by atoms with van der Waals surface area (Å²) in [5, 5.41) is 0. The fourth-order valence-electron chi connectivity index (χ4n) is 6.20. The third-order valence-electron chi connectivity index (χ3n) is 8.39. The molecule has 222 valence electrons. The van der Waals surface area contributed by atoms with Gasteiger partial charge < -0.3 is 9.47 Å². The number of nitrogens with zero attached hydrogens (tertiary/aromatic N) is 2. The zero-order valence-electron chi connectivity index (χ0n) is 25.9. The minimum Gasteiger partial charge on any atom is -0.381 e. The minimum absolute atomic E-state index is 0.230. The van der Waals surface area contributed by atoms with Crippen LogP contribution in [0.1, 0.15) is 144 Å². The first-order valence-electron chi connectivity index (χ1n) is 16.4. The lowest BCUT2D eigenvalue weighted by atomic mass is 9.98. The van der Waals surface area contributed by atoms with Crippen molar-refractivity contribution in [1.29, 1.82) is 0 Å². The summed E-state index contributed by atoms with van der Waals surface area (Å²) in [7, 11) is 0. The van der Waals surface area contributed by atoms with Crippen LogP contribution in [-0.2, 0) is 21.3 Å². The van der Waals surface area contributed by atoms with Crippen molar-refractivity contribution in [3.05, 3.63) is 0 Å². The molecule has 0 spiro atoms. The van der Waals surface area contributed by atoms with E-state index in [1.165, 1.54) is 83.5 Å². The van der Waals surface area contributed by atoms with Gasteiger partial charge in [0.2, 0.25) is 0 Å². The maximum atomic E-state index is 7.21. The van der Waals surface area contributed by atoms with Crippen molar-refractivity contribution in [2.75, 3.05) is 39.4 Å². The molecular weight excluding hydrogens is 495 g/mol. The lowest BCUT2D eigenvalue weighted by molar-refractivity contribution is -0.0339. The predicted octanol–water partition coefficient (Wildman–Crippen LogP) is 9.41. The van der Waals surface area contributed by atoms with Gasteiger partial charge in [0.05, 0.1) is 18.5 Å². The first-order chi connectivity index (χ1) is 18.0. The molecule has 0 bridgehead atoms. The molecule has 6 heteroatoms. The molecule has 1 rings (SSSR count). The lowest BCUT2D eigenvalue weighted by Crippen LogP contribution is -2.43. The van der Waals surface area contributed by atoms with Crippen molar-refractivity contribution >= 4 is 18.1 Å². The van der Waals surface area contributed by atoms with E-state index in [-0.39, 0.29) is 6.10 Å². The third-order valence-corrected chi connectivity index (χ3v) is 14.9. The largest absolute Gasteiger partial charge is 0.381 e. The van der Waals surface area contributed by atoms with Crippen LogP contribution < -0.4 is 0 Å². The SMILES string of the molecule is CCCCCCOCCCC(OC1CCCCCCCCC1)C(CC)P(=S)(N(CC)CC)N(CC)CC. The van der Waals surface area contributed by atoms with E-state index in [0.29, 0.717) is 11.8 Å². The monoisotopic (exact) mass is 560 g/mol. The Bertz CT molecular complexity index is 545. The van der Waals surface area contributed by atoms with E-state index in [4.69, 9.17) is 21.3 Å². The Balaban J connectivity index is 3.08. The minimum atomic E-state index is -1.95. The van der Waals surface area contributed by atoms with E-state index in [1.807, 2.05) is 0 Å². The van der Waals surface area contributed by atoms with Crippen LogP contribution in [0.25, 0.3) is 0 Å². The topological polar surface area (TPSA) is 24.9 Å². The van der Waals surface area contributed by atoms with Gasteiger partial charge >= 0.3 is 0 Å². The summed E-state index contributed by atoms with van der Waals surface area (Å²) in [4.78, 5) is 0. The quantitative estimate of drug-likeness (QED) is 0.109. The zero-order valence-corrected chi connectivity index (χ0v) is 27.6. The van der Waals surface area contributed by atoms with Crippen molar-refractivity contribution in [2.24, 2.45) is 0 Å². The van der Waals surface area contributed by atoms with Crippen molar-refractivity contribution in [3.63, 3.8) is 0 Å². The Morgan fingerprint density at radius 1 is 0.703 bits per heavy atom. The van der Waals surface area contributed by atoms with Gasteiger partial charge in [-0.2, -0.15) is 0 Å². The maximum Gasteiger partial charge on any atom is 0.0830 e. The number of rotatable bonds is 20. The molecule has 0 N–H and O–H groups in total. The number of unbranched alkanes of at least 4 members (excludes halogenated alkanes) is 3. The Morgan fingerprint density at radius 2 is 1.22 bits per heavy atom. The molecular formula is C31H65N2O2PS. The molecule has 0 saturated heterocycles. The van der Waals surface area contributed by atoms with E-state index in [9.17, 15) is 0 Å². The summed E-state index contributed by atoms with van der Waals surface area (Å²) in [5.74, 6) is 0. The lowest BCUT2D eigenvalue weighted by Gasteiger charge is -2.48. The van der Waals surface area contributed by atoms with Crippen LogP contribution in [0.5, 0.6) is 0 Å². The average Bonchev–Trinajstić information content (AvgIpc) is 2.90. The molecule has 0 radical (unpaired) electrons. The Hall–Kier alpha value is 0.490. The maximum absolute atomic E-state index is 7.21.